The van der Waals surface area contributed by atoms with Gasteiger partial charge in [0.15, 0.2) is 0 Å². The fourth-order valence-corrected chi connectivity index (χ4v) is 0. The quantitative estimate of drug-likeness (QED) is 0.446. The monoisotopic (exact) mass is 110 g/mol. The van der Waals surface area contributed by atoms with Crippen molar-refractivity contribution in [2.75, 3.05) is 6.16 Å². The maximum atomic E-state index is 2.66. The Morgan fingerprint density at radius 3 is 1.80 bits per heavy atom. The van der Waals surface area contributed by atoms with Crippen LogP contribution in [0.1, 0.15) is 13.3 Å². The summed E-state index contributed by atoms with van der Waals surface area (Å²) >= 11 is 0. The predicted octanol–water partition coefficient (Wildman–Crippen LogP) is 1.33. The summed E-state index contributed by atoms with van der Waals surface area (Å²) in [5, 5.41) is 0. The van der Waals surface area contributed by atoms with Gasteiger partial charge in [0.1, 0.15) is 0 Å². The summed E-state index contributed by atoms with van der Waals surface area (Å²) in [6.07, 6.45) is 2.52. The zero-order chi connectivity index (χ0) is 3.41. The van der Waals surface area contributed by atoms with E-state index in [-0.39, 0.29) is 9.90 Å². The second kappa shape index (κ2) is 8.85. The fraction of sp³-hybridized carbons (Fsp3) is 1.00. The van der Waals surface area contributed by atoms with Gasteiger partial charge in [0.05, 0.1) is 0 Å². The van der Waals surface area contributed by atoms with Gasteiger partial charge in [-0.2, -0.15) is 9.90 Å². The molecule has 0 spiro atoms. The van der Waals surface area contributed by atoms with Crippen LogP contribution in [-0.4, -0.2) is 6.16 Å². The Kier molecular flexibility index (Phi) is 16.4. The van der Waals surface area contributed by atoms with Crippen molar-refractivity contribution in [3.63, 3.8) is 0 Å². The molecule has 2 unspecified atom stereocenters. The third-order valence-electron chi connectivity index (χ3n) is 0.289. The van der Waals surface area contributed by atoms with E-state index in [1.807, 2.05) is 0 Å². The molecular weight excluding hydrogens is 98.0 g/mol. The van der Waals surface area contributed by atoms with Crippen LogP contribution >= 0.6 is 19.1 Å². The van der Waals surface area contributed by atoms with Crippen LogP contribution in [0.15, 0.2) is 0 Å². The van der Waals surface area contributed by atoms with Crippen LogP contribution in [0.4, 0.5) is 0 Å². The molecule has 0 heterocycles. The van der Waals surface area contributed by atoms with E-state index in [4.69, 9.17) is 0 Å². The maximum absolute atomic E-state index is 2.66. The van der Waals surface area contributed by atoms with Gasteiger partial charge in [-0.15, -0.1) is 9.24 Å². The molecule has 0 aliphatic heterocycles. The molecule has 0 N–H and O–H groups in total. The zero-order valence-electron chi connectivity index (χ0n) is 3.70. The van der Waals surface area contributed by atoms with Gasteiger partial charge in [-0.3, -0.25) is 0 Å². The molecule has 0 radical (unpaired) electrons. The lowest BCUT2D eigenvalue weighted by atomic mass is 10.6. The van der Waals surface area contributed by atoms with Crippen LogP contribution in [0.2, 0.25) is 0 Å². The van der Waals surface area contributed by atoms with Gasteiger partial charge in [0.25, 0.3) is 0 Å². The van der Waals surface area contributed by atoms with E-state index in [9.17, 15) is 0 Å². The molecule has 0 amide bonds. The van der Waals surface area contributed by atoms with Crippen molar-refractivity contribution in [2.45, 2.75) is 13.3 Å². The lowest BCUT2D eigenvalue weighted by Crippen LogP contribution is -1.54. The molecule has 0 aliphatic carbocycles. The molecule has 0 saturated carbocycles. The van der Waals surface area contributed by atoms with E-state index in [0.717, 1.165) is 0 Å². The topological polar surface area (TPSA) is 0 Å². The van der Waals surface area contributed by atoms with Gasteiger partial charge < -0.3 is 0 Å². The van der Waals surface area contributed by atoms with E-state index in [0.29, 0.717) is 0 Å². The first-order valence-corrected chi connectivity index (χ1v) is 2.43. The summed E-state index contributed by atoms with van der Waals surface area (Å²) in [5.74, 6) is 0. The Morgan fingerprint density at radius 1 is 1.60 bits per heavy atom. The fourth-order valence-electron chi connectivity index (χ4n) is 0. The van der Waals surface area contributed by atoms with Crippen molar-refractivity contribution in [1.82, 2.24) is 0 Å². The minimum absolute atomic E-state index is 0. The van der Waals surface area contributed by atoms with Crippen LogP contribution in [0.3, 0.4) is 0 Å². The average Bonchev–Trinajstić information content (AvgIpc) is 1.37. The minimum Gasteiger partial charge on any atom is -0.153 e. The molecule has 0 aliphatic rings. The first kappa shape index (κ1) is 9.29. The number of hydrogen-bond acceptors (Lipinski definition) is 0. The third-order valence-corrected chi connectivity index (χ3v) is 0.866. The first-order valence-electron chi connectivity index (χ1n) is 1.62. The Bertz CT molecular complexity index is 6.85. The van der Waals surface area contributed by atoms with Crippen LogP contribution < -0.4 is 0 Å². The lowest BCUT2D eigenvalue weighted by Gasteiger charge is -1.68. The summed E-state index contributed by atoms with van der Waals surface area (Å²) in [6.45, 7) is 2.16. The van der Waals surface area contributed by atoms with E-state index < -0.39 is 0 Å². The van der Waals surface area contributed by atoms with Crippen molar-refractivity contribution in [2.24, 2.45) is 0 Å². The molecule has 2 heteroatoms. The van der Waals surface area contributed by atoms with Crippen LogP contribution in [0, 0.1) is 0 Å². The molecule has 5 heavy (non-hydrogen) atoms. The van der Waals surface area contributed by atoms with Crippen molar-refractivity contribution < 1.29 is 0 Å². The summed E-state index contributed by atoms with van der Waals surface area (Å²) in [6, 6.07) is 0. The van der Waals surface area contributed by atoms with Gasteiger partial charge >= 0.3 is 0 Å². The summed E-state index contributed by atoms with van der Waals surface area (Å²) in [4.78, 5) is 0. The molecule has 0 aromatic carbocycles. The van der Waals surface area contributed by atoms with E-state index in [2.05, 4.69) is 16.2 Å². The largest absolute Gasteiger partial charge is 0.153 e. The highest BCUT2D eigenvalue weighted by molar-refractivity contribution is 7.16. The summed E-state index contributed by atoms with van der Waals surface area (Å²) in [7, 11) is 2.66. The van der Waals surface area contributed by atoms with Crippen LogP contribution in [-0.2, 0) is 0 Å². The lowest BCUT2D eigenvalue weighted by molar-refractivity contribution is 1.11. The Labute approximate surface area is 39.5 Å². The number of rotatable bonds is 1. The first-order chi connectivity index (χ1) is 1.91. The highest BCUT2D eigenvalue weighted by Crippen LogP contribution is 1.80. The molecule has 0 bridgehead atoms. The highest BCUT2D eigenvalue weighted by Gasteiger charge is 1.56. The zero-order valence-corrected chi connectivity index (χ0v) is 6.27. The van der Waals surface area contributed by atoms with Gasteiger partial charge in [-0.05, 0) is 6.16 Å². The van der Waals surface area contributed by atoms with E-state index in [1.165, 1.54) is 12.6 Å². The Morgan fingerprint density at radius 2 is 1.80 bits per heavy atom. The average molecular weight is 110 g/mol. The molecule has 0 nitrogen and oxygen atoms in total. The van der Waals surface area contributed by atoms with E-state index >= 15 is 0 Å². The maximum Gasteiger partial charge on any atom is -0.0384 e. The highest BCUT2D eigenvalue weighted by atomic mass is 31.0. The van der Waals surface area contributed by atoms with Crippen molar-refractivity contribution in [3.8, 4) is 0 Å². The summed E-state index contributed by atoms with van der Waals surface area (Å²) < 4.78 is 0. The standard InChI is InChI=1S/C3H9P.H3P/c1-2-3-4;/h2-4H2,1H3;1H3. The number of hydrogen-bond donors (Lipinski definition) is 0. The van der Waals surface area contributed by atoms with Gasteiger partial charge in [-0.25, -0.2) is 0 Å². The molecular formula is C3H12P2. The molecule has 0 rings (SSSR count). The van der Waals surface area contributed by atoms with Crippen molar-refractivity contribution in [3.05, 3.63) is 0 Å². The molecule has 0 aromatic rings. The van der Waals surface area contributed by atoms with Crippen LogP contribution in [0.25, 0.3) is 0 Å². The molecule has 34 valence electrons. The Hall–Kier alpha value is 0.860. The van der Waals surface area contributed by atoms with Crippen LogP contribution in [0.5, 0.6) is 0 Å². The molecule has 0 saturated heterocycles. The van der Waals surface area contributed by atoms with Gasteiger partial charge in [0, 0.05) is 0 Å². The van der Waals surface area contributed by atoms with Gasteiger partial charge in [0.2, 0.25) is 0 Å². The van der Waals surface area contributed by atoms with E-state index in [1.54, 1.807) is 0 Å². The second-order valence-corrected chi connectivity index (χ2v) is 1.37. The van der Waals surface area contributed by atoms with Gasteiger partial charge in [-0.1, -0.05) is 13.3 Å². The van der Waals surface area contributed by atoms with Crippen molar-refractivity contribution in [1.29, 1.82) is 0 Å². The Balaban J connectivity index is 0. The minimum atomic E-state index is 0. The van der Waals surface area contributed by atoms with Crippen molar-refractivity contribution >= 4 is 19.1 Å². The normalized spacial score (nSPS) is 6.00. The third kappa shape index (κ3) is 11.5. The molecule has 2 atom stereocenters. The second-order valence-electron chi connectivity index (χ2n) is 0.789. The molecule has 0 aromatic heterocycles. The molecule has 0 fully saturated rings. The smallest absolute Gasteiger partial charge is 0.0384 e. The summed E-state index contributed by atoms with van der Waals surface area (Å²) in [5.41, 5.74) is 0. The SMILES string of the molecule is CCCP.P. The predicted molar refractivity (Wildman–Crippen MR) is 36.0 cm³/mol.